The Hall–Kier alpha value is -0.830. The summed E-state index contributed by atoms with van der Waals surface area (Å²) in [4.78, 5) is 10.6. The van der Waals surface area contributed by atoms with E-state index in [0.717, 1.165) is 18.9 Å². The third-order valence-electron chi connectivity index (χ3n) is 3.76. The second-order valence-corrected chi connectivity index (χ2v) is 5.18. The molecule has 1 aliphatic rings. The Morgan fingerprint density at radius 2 is 1.94 bits per heavy atom. The molecule has 0 atom stereocenters. The smallest absolute Gasteiger partial charge is 0.171 e. The number of halogens is 1. The lowest BCUT2D eigenvalue weighted by molar-refractivity contribution is 0.237. The van der Waals surface area contributed by atoms with Crippen LogP contribution in [0.4, 0.5) is 5.82 Å². The molecule has 0 unspecified atom stereocenters. The summed E-state index contributed by atoms with van der Waals surface area (Å²) in [5.74, 6) is 0.835. The van der Waals surface area contributed by atoms with Crippen molar-refractivity contribution in [2.45, 2.75) is 33.1 Å². The van der Waals surface area contributed by atoms with Gasteiger partial charge in [-0.05, 0) is 18.3 Å². The third kappa shape index (κ3) is 2.29. The molecule has 1 aromatic heterocycles. The normalized spacial score (nSPS) is 19.8. The van der Waals surface area contributed by atoms with Gasteiger partial charge in [-0.3, -0.25) is 0 Å². The Morgan fingerprint density at radius 1 is 1.31 bits per heavy atom. The van der Waals surface area contributed by atoms with Crippen LogP contribution in [-0.2, 0) is 0 Å². The van der Waals surface area contributed by atoms with Crippen molar-refractivity contribution in [1.29, 1.82) is 0 Å². The number of piperidine rings is 1. The summed E-state index contributed by atoms with van der Waals surface area (Å²) < 4.78 is 0. The molecule has 0 aliphatic carbocycles. The zero-order valence-corrected chi connectivity index (χ0v) is 10.7. The summed E-state index contributed by atoms with van der Waals surface area (Å²) in [5.41, 5.74) is 0.491. The zero-order chi connectivity index (χ0) is 11.6. The molecule has 2 rings (SSSR count). The molecule has 1 aliphatic heterocycles. The molecule has 4 heteroatoms. The standard InChI is InChI=1S/C12H18ClN3/c1-3-12(2)4-8-16(9-5-12)11-10(13)14-6-7-15-11/h6-7H,3-5,8-9H2,1-2H3. The van der Waals surface area contributed by atoms with Crippen molar-refractivity contribution in [2.75, 3.05) is 18.0 Å². The van der Waals surface area contributed by atoms with Crippen LogP contribution >= 0.6 is 11.6 Å². The van der Waals surface area contributed by atoms with E-state index in [4.69, 9.17) is 11.6 Å². The first-order chi connectivity index (χ1) is 7.64. The number of rotatable bonds is 2. The summed E-state index contributed by atoms with van der Waals surface area (Å²) in [6, 6.07) is 0. The minimum Gasteiger partial charge on any atom is -0.354 e. The first-order valence-electron chi connectivity index (χ1n) is 5.86. The lowest BCUT2D eigenvalue weighted by Crippen LogP contribution is -2.39. The van der Waals surface area contributed by atoms with Crippen LogP contribution in [0.5, 0.6) is 0 Å². The van der Waals surface area contributed by atoms with Crippen LogP contribution in [0.3, 0.4) is 0 Å². The highest BCUT2D eigenvalue weighted by Crippen LogP contribution is 2.36. The van der Waals surface area contributed by atoms with Crippen LogP contribution in [0, 0.1) is 5.41 Å². The second-order valence-electron chi connectivity index (χ2n) is 4.82. The van der Waals surface area contributed by atoms with Gasteiger partial charge in [0.1, 0.15) is 0 Å². The van der Waals surface area contributed by atoms with Crippen molar-refractivity contribution in [3.05, 3.63) is 17.5 Å². The average molecular weight is 240 g/mol. The summed E-state index contributed by atoms with van der Waals surface area (Å²) >= 11 is 6.05. The molecule has 0 spiro atoms. The molecule has 0 bridgehead atoms. The third-order valence-corrected chi connectivity index (χ3v) is 4.03. The molecule has 1 fully saturated rings. The van der Waals surface area contributed by atoms with Crippen molar-refractivity contribution in [2.24, 2.45) is 5.41 Å². The van der Waals surface area contributed by atoms with Gasteiger partial charge in [0.05, 0.1) is 0 Å². The van der Waals surface area contributed by atoms with Gasteiger partial charge in [-0.25, -0.2) is 9.97 Å². The Morgan fingerprint density at radius 3 is 2.50 bits per heavy atom. The number of hydrogen-bond donors (Lipinski definition) is 0. The van der Waals surface area contributed by atoms with Crippen molar-refractivity contribution in [3.8, 4) is 0 Å². The van der Waals surface area contributed by atoms with Crippen LogP contribution in [0.2, 0.25) is 5.15 Å². The Balaban J connectivity index is 2.07. The number of hydrogen-bond acceptors (Lipinski definition) is 3. The molecule has 0 amide bonds. The van der Waals surface area contributed by atoms with E-state index in [1.54, 1.807) is 12.4 Å². The summed E-state index contributed by atoms with van der Waals surface area (Å²) in [6.45, 7) is 6.69. The van der Waals surface area contributed by atoms with Gasteiger partial charge in [0.25, 0.3) is 0 Å². The monoisotopic (exact) mass is 239 g/mol. The van der Waals surface area contributed by atoms with Gasteiger partial charge in [-0.2, -0.15) is 0 Å². The highest BCUT2D eigenvalue weighted by atomic mass is 35.5. The van der Waals surface area contributed by atoms with Crippen molar-refractivity contribution >= 4 is 17.4 Å². The number of nitrogens with zero attached hydrogens (tertiary/aromatic N) is 3. The highest BCUT2D eigenvalue weighted by Gasteiger charge is 2.29. The fraction of sp³-hybridized carbons (Fsp3) is 0.667. The van der Waals surface area contributed by atoms with E-state index in [9.17, 15) is 0 Å². The lowest BCUT2D eigenvalue weighted by atomic mass is 9.78. The Labute approximate surface area is 102 Å². The van der Waals surface area contributed by atoms with Gasteiger partial charge in [-0.15, -0.1) is 0 Å². The van der Waals surface area contributed by atoms with E-state index < -0.39 is 0 Å². The molecule has 0 saturated carbocycles. The predicted octanol–water partition coefficient (Wildman–Crippen LogP) is 3.15. The first kappa shape index (κ1) is 11.6. The van der Waals surface area contributed by atoms with E-state index in [1.807, 2.05) is 0 Å². The van der Waals surface area contributed by atoms with Crippen LogP contribution in [0.1, 0.15) is 33.1 Å². The van der Waals surface area contributed by atoms with E-state index in [1.165, 1.54) is 19.3 Å². The molecular formula is C12H18ClN3. The summed E-state index contributed by atoms with van der Waals surface area (Å²) in [5, 5.41) is 0.516. The molecule has 16 heavy (non-hydrogen) atoms. The van der Waals surface area contributed by atoms with Gasteiger partial charge in [0.2, 0.25) is 0 Å². The maximum atomic E-state index is 6.05. The quantitative estimate of drug-likeness (QED) is 0.794. The molecule has 1 aromatic rings. The van der Waals surface area contributed by atoms with Gasteiger partial charge < -0.3 is 4.90 Å². The maximum absolute atomic E-state index is 6.05. The van der Waals surface area contributed by atoms with E-state index in [-0.39, 0.29) is 0 Å². The summed E-state index contributed by atoms with van der Waals surface area (Å²) in [7, 11) is 0. The molecule has 0 aromatic carbocycles. The SMILES string of the molecule is CCC1(C)CCN(c2nccnc2Cl)CC1. The van der Waals surface area contributed by atoms with E-state index in [2.05, 4.69) is 28.7 Å². The van der Waals surface area contributed by atoms with Gasteiger partial charge >= 0.3 is 0 Å². The van der Waals surface area contributed by atoms with Crippen LogP contribution in [-0.4, -0.2) is 23.1 Å². The predicted molar refractivity (Wildman–Crippen MR) is 66.9 cm³/mol. The van der Waals surface area contributed by atoms with E-state index >= 15 is 0 Å². The van der Waals surface area contributed by atoms with Crippen LogP contribution in [0.15, 0.2) is 12.4 Å². The molecular weight excluding hydrogens is 222 g/mol. The van der Waals surface area contributed by atoms with Gasteiger partial charge in [0, 0.05) is 25.5 Å². The second kappa shape index (κ2) is 4.58. The zero-order valence-electron chi connectivity index (χ0n) is 9.91. The van der Waals surface area contributed by atoms with Crippen molar-refractivity contribution < 1.29 is 0 Å². The fourth-order valence-corrected chi connectivity index (χ4v) is 2.36. The van der Waals surface area contributed by atoms with Crippen LogP contribution in [0.25, 0.3) is 0 Å². The molecule has 2 heterocycles. The maximum Gasteiger partial charge on any atom is 0.171 e. The Bertz CT molecular complexity index is 359. The minimum absolute atomic E-state index is 0.491. The van der Waals surface area contributed by atoms with Gasteiger partial charge in [0.15, 0.2) is 11.0 Å². The first-order valence-corrected chi connectivity index (χ1v) is 6.24. The number of anilines is 1. The number of aromatic nitrogens is 2. The molecule has 1 saturated heterocycles. The molecule has 0 N–H and O–H groups in total. The van der Waals surface area contributed by atoms with E-state index in [0.29, 0.717) is 10.6 Å². The largest absolute Gasteiger partial charge is 0.354 e. The molecule has 0 radical (unpaired) electrons. The lowest BCUT2D eigenvalue weighted by Gasteiger charge is -2.39. The van der Waals surface area contributed by atoms with Crippen molar-refractivity contribution in [1.82, 2.24) is 9.97 Å². The average Bonchev–Trinajstić information content (AvgIpc) is 2.31. The topological polar surface area (TPSA) is 29.0 Å². The van der Waals surface area contributed by atoms with Crippen LogP contribution < -0.4 is 4.90 Å². The molecule has 3 nitrogen and oxygen atoms in total. The van der Waals surface area contributed by atoms with Gasteiger partial charge in [-0.1, -0.05) is 31.9 Å². The Kier molecular flexibility index (Phi) is 3.33. The fourth-order valence-electron chi connectivity index (χ4n) is 2.14. The minimum atomic E-state index is 0.491. The van der Waals surface area contributed by atoms with Crippen molar-refractivity contribution in [3.63, 3.8) is 0 Å². The molecule has 88 valence electrons. The highest BCUT2D eigenvalue weighted by molar-refractivity contribution is 6.31. The summed E-state index contributed by atoms with van der Waals surface area (Å²) in [6.07, 6.45) is 6.99.